The number of aromatic nitrogens is 5. The van der Waals surface area contributed by atoms with E-state index in [1.54, 1.807) is 6.33 Å². The summed E-state index contributed by atoms with van der Waals surface area (Å²) in [6.07, 6.45) is 10.8. The van der Waals surface area contributed by atoms with Gasteiger partial charge in [-0.25, -0.2) is 9.97 Å². The predicted octanol–water partition coefficient (Wildman–Crippen LogP) is 2.91. The molecule has 3 aromatic heterocycles. The summed E-state index contributed by atoms with van der Waals surface area (Å²) >= 11 is 0. The Hall–Kier alpha value is -2.25. The second-order valence-corrected chi connectivity index (χ2v) is 8.46. The van der Waals surface area contributed by atoms with E-state index in [9.17, 15) is 0 Å². The molecule has 1 saturated carbocycles. The van der Waals surface area contributed by atoms with Crippen LogP contribution in [0.15, 0.2) is 31.0 Å². The molecular weight excluding hydrogens is 350 g/mol. The maximum atomic E-state index is 6.35. The Kier molecular flexibility index (Phi) is 5.21. The fourth-order valence-corrected chi connectivity index (χ4v) is 4.75. The Labute approximate surface area is 166 Å². The standard InChI is InChI=1S/C21H31N7/c1-4-15-7-21(12-22,8-16(15)9-24-14(2)3)28-11-17(10-27-28)19-18-5-6-23-20(18)26-13-25-19/h5-6,10-11,13-16,24H,4,7-9,12,22H2,1-3H3,(H,23,25,26)/t15-,16-,21+/m0/s1. The summed E-state index contributed by atoms with van der Waals surface area (Å²) in [6.45, 7) is 8.34. The van der Waals surface area contributed by atoms with Gasteiger partial charge in [-0.05, 0) is 37.3 Å². The summed E-state index contributed by atoms with van der Waals surface area (Å²) in [5, 5.41) is 9.39. The number of nitrogens with one attached hydrogen (secondary N) is 2. The van der Waals surface area contributed by atoms with Crippen LogP contribution in [0.3, 0.4) is 0 Å². The molecule has 3 atom stereocenters. The molecule has 150 valence electrons. The quantitative estimate of drug-likeness (QED) is 0.585. The second-order valence-electron chi connectivity index (χ2n) is 8.46. The first kappa shape index (κ1) is 19.1. The molecule has 0 aromatic carbocycles. The lowest BCUT2D eigenvalue weighted by atomic mass is 9.93. The first-order valence-electron chi connectivity index (χ1n) is 10.3. The van der Waals surface area contributed by atoms with E-state index in [1.807, 2.05) is 18.5 Å². The van der Waals surface area contributed by atoms with E-state index in [2.05, 4.69) is 51.9 Å². The van der Waals surface area contributed by atoms with E-state index >= 15 is 0 Å². The molecule has 3 aromatic rings. The van der Waals surface area contributed by atoms with E-state index in [0.717, 1.165) is 41.7 Å². The van der Waals surface area contributed by atoms with Crippen molar-refractivity contribution in [3.05, 3.63) is 31.0 Å². The van der Waals surface area contributed by atoms with Crippen LogP contribution in [-0.2, 0) is 5.54 Å². The minimum Gasteiger partial charge on any atom is -0.346 e. The van der Waals surface area contributed by atoms with E-state index in [0.29, 0.717) is 24.4 Å². The van der Waals surface area contributed by atoms with Crippen LogP contribution in [0.2, 0.25) is 0 Å². The van der Waals surface area contributed by atoms with Crippen LogP contribution in [0.1, 0.15) is 40.0 Å². The van der Waals surface area contributed by atoms with Crippen molar-refractivity contribution in [1.29, 1.82) is 0 Å². The smallest absolute Gasteiger partial charge is 0.141 e. The third-order valence-electron chi connectivity index (χ3n) is 6.34. The summed E-state index contributed by atoms with van der Waals surface area (Å²) in [7, 11) is 0. The van der Waals surface area contributed by atoms with E-state index in [-0.39, 0.29) is 5.54 Å². The van der Waals surface area contributed by atoms with Crippen LogP contribution < -0.4 is 11.1 Å². The highest BCUT2D eigenvalue weighted by Gasteiger charge is 2.45. The minimum atomic E-state index is -0.119. The lowest BCUT2D eigenvalue weighted by Gasteiger charge is -2.29. The molecule has 3 heterocycles. The topological polar surface area (TPSA) is 97.4 Å². The molecule has 1 fully saturated rings. The average Bonchev–Trinajstić information content (AvgIpc) is 3.43. The van der Waals surface area contributed by atoms with Gasteiger partial charge < -0.3 is 16.0 Å². The number of hydrogen-bond acceptors (Lipinski definition) is 5. The number of rotatable bonds is 7. The van der Waals surface area contributed by atoms with E-state index in [1.165, 1.54) is 6.42 Å². The van der Waals surface area contributed by atoms with Gasteiger partial charge in [0.2, 0.25) is 0 Å². The Morgan fingerprint density at radius 2 is 2.14 bits per heavy atom. The molecule has 0 saturated heterocycles. The maximum Gasteiger partial charge on any atom is 0.141 e. The predicted molar refractivity (Wildman–Crippen MR) is 112 cm³/mol. The van der Waals surface area contributed by atoms with Crippen molar-refractivity contribution >= 4 is 11.0 Å². The van der Waals surface area contributed by atoms with Crippen molar-refractivity contribution in [2.24, 2.45) is 17.6 Å². The van der Waals surface area contributed by atoms with Crippen molar-refractivity contribution in [2.75, 3.05) is 13.1 Å². The maximum absolute atomic E-state index is 6.35. The summed E-state index contributed by atoms with van der Waals surface area (Å²) in [4.78, 5) is 11.9. The van der Waals surface area contributed by atoms with Gasteiger partial charge in [0.1, 0.15) is 12.0 Å². The van der Waals surface area contributed by atoms with Crippen molar-refractivity contribution in [2.45, 2.75) is 51.6 Å². The normalized spacial score (nSPS) is 25.2. The van der Waals surface area contributed by atoms with Crippen LogP contribution in [0.4, 0.5) is 0 Å². The van der Waals surface area contributed by atoms with Crippen LogP contribution in [-0.4, -0.2) is 43.9 Å². The highest BCUT2D eigenvalue weighted by molar-refractivity contribution is 5.89. The van der Waals surface area contributed by atoms with Crippen LogP contribution in [0.25, 0.3) is 22.3 Å². The number of nitrogens with two attached hydrogens (primary N) is 1. The highest BCUT2D eigenvalue weighted by atomic mass is 15.3. The first-order valence-corrected chi connectivity index (χ1v) is 10.3. The number of fused-ring (bicyclic) bond motifs is 1. The summed E-state index contributed by atoms with van der Waals surface area (Å²) in [5.41, 5.74) is 8.99. The zero-order valence-corrected chi connectivity index (χ0v) is 17.0. The van der Waals surface area contributed by atoms with Gasteiger partial charge in [0.25, 0.3) is 0 Å². The SMILES string of the molecule is CC[C@H]1C[C@@](CN)(n2cc(-c3ncnc4[nH]ccc34)cn2)C[C@H]1CNC(C)C. The van der Waals surface area contributed by atoms with Gasteiger partial charge in [-0.2, -0.15) is 5.10 Å². The molecule has 0 unspecified atom stereocenters. The number of H-pyrrole nitrogens is 1. The van der Waals surface area contributed by atoms with Crippen LogP contribution in [0.5, 0.6) is 0 Å². The van der Waals surface area contributed by atoms with Gasteiger partial charge in [-0.1, -0.05) is 27.2 Å². The van der Waals surface area contributed by atoms with Crippen molar-refractivity contribution in [3.8, 4) is 11.3 Å². The third-order valence-corrected chi connectivity index (χ3v) is 6.34. The minimum absolute atomic E-state index is 0.119. The second kappa shape index (κ2) is 7.64. The Bertz CT molecular complexity index is 928. The van der Waals surface area contributed by atoms with Crippen molar-refractivity contribution < 1.29 is 0 Å². The third kappa shape index (κ3) is 3.33. The molecule has 0 aliphatic heterocycles. The Morgan fingerprint density at radius 1 is 1.32 bits per heavy atom. The zero-order valence-electron chi connectivity index (χ0n) is 17.0. The van der Waals surface area contributed by atoms with Gasteiger partial charge in [0.05, 0.1) is 17.4 Å². The Morgan fingerprint density at radius 3 is 2.89 bits per heavy atom. The lowest BCUT2D eigenvalue weighted by Crippen LogP contribution is -2.40. The number of nitrogens with zero attached hydrogens (tertiary/aromatic N) is 4. The molecule has 0 spiro atoms. The summed E-state index contributed by atoms with van der Waals surface area (Å²) < 4.78 is 2.11. The van der Waals surface area contributed by atoms with Crippen molar-refractivity contribution in [3.63, 3.8) is 0 Å². The number of aromatic amines is 1. The monoisotopic (exact) mass is 381 g/mol. The molecule has 28 heavy (non-hydrogen) atoms. The molecule has 0 radical (unpaired) electrons. The molecule has 4 rings (SSSR count). The van der Waals surface area contributed by atoms with Gasteiger partial charge in [0, 0.05) is 35.9 Å². The highest BCUT2D eigenvalue weighted by Crippen LogP contribution is 2.45. The average molecular weight is 382 g/mol. The first-order chi connectivity index (χ1) is 13.6. The zero-order chi connectivity index (χ0) is 19.7. The Balaban J connectivity index is 1.63. The van der Waals surface area contributed by atoms with Crippen LogP contribution in [0, 0.1) is 11.8 Å². The van der Waals surface area contributed by atoms with Crippen molar-refractivity contribution in [1.82, 2.24) is 30.0 Å². The molecule has 1 aliphatic rings. The lowest BCUT2D eigenvalue weighted by molar-refractivity contribution is 0.258. The van der Waals surface area contributed by atoms with Gasteiger partial charge in [0.15, 0.2) is 0 Å². The summed E-state index contributed by atoms with van der Waals surface area (Å²) in [6, 6.07) is 2.51. The largest absolute Gasteiger partial charge is 0.346 e. The fourth-order valence-electron chi connectivity index (χ4n) is 4.75. The van der Waals surface area contributed by atoms with Gasteiger partial charge in [-0.15, -0.1) is 0 Å². The molecule has 7 nitrogen and oxygen atoms in total. The molecule has 1 aliphatic carbocycles. The summed E-state index contributed by atoms with van der Waals surface area (Å²) in [5.74, 6) is 1.29. The molecule has 0 amide bonds. The van der Waals surface area contributed by atoms with Gasteiger partial charge in [-0.3, -0.25) is 4.68 Å². The van der Waals surface area contributed by atoms with E-state index in [4.69, 9.17) is 10.8 Å². The molecule has 0 bridgehead atoms. The van der Waals surface area contributed by atoms with Gasteiger partial charge >= 0.3 is 0 Å². The van der Waals surface area contributed by atoms with E-state index < -0.39 is 0 Å². The van der Waals surface area contributed by atoms with Crippen LogP contribution >= 0.6 is 0 Å². The molecule has 4 N–H and O–H groups in total. The molecule has 7 heteroatoms. The fraction of sp³-hybridized carbons (Fsp3) is 0.571. The molecular formula is C21H31N7. The number of hydrogen-bond donors (Lipinski definition) is 3.